The second-order valence-corrected chi connectivity index (χ2v) is 1.97. The summed E-state index contributed by atoms with van der Waals surface area (Å²) in [7, 11) is -0.411. The highest BCUT2D eigenvalue weighted by Gasteiger charge is 2.24. The lowest BCUT2D eigenvalue weighted by atomic mass is 9.95. The van der Waals surface area contributed by atoms with Crippen LogP contribution in [-0.4, -0.2) is 43.7 Å². The summed E-state index contributed by atoms with van der Waals surface area (Å²) in [6, 6.07) is 0. The predicted octanol–water partition coefficient (Wildman–Crippen LogP) is -2.22. The van der Waals surface area contributed by atoms with Crippen LogP contribution in [0.4, 0.5) is 14.4 Å². The van der Waals surface area contributed by atoms with E-state index < -0.39 is 25.4 Å². The van der Waals surface area contributed by atoms with E-state index in [1.54, 1.807) is 10.5 Å². The van der Waals surface area contributed by atoms with Gasteiger partial charge in [-0.1, -0.05) is 0 Å². The Kier molecular flexibility index (Phi) is 4.74. The molecule has 9 nitrogen and oxygen atoms in total. The van der Waals surface area contributed by atoms with Gasteiger partial charge in [-0.3, -0.25) is 0 Å². The number of amides is 3. The van der Waals surface area contributed by atoms with Crippen molar-refractivity contribution in [1.82, 2.24) is 15.7 Å². The summed E-state index contributed by atoms with van der Waals surface area (Å²) in [5, 5.41) is 21.8. The van der Waals surface area contributed by atoms with Crippen LogP contribution in [0.25, 0.3) is 0 Å². The van der Waals surface area contributed by atoms with Crippen LogP contribution >= 0.6 is 0 Å². The first-order valence-corrected chi connectivity index (χ1v) is 3.29. The van der Waals surface area contributed by atoms with E-state index in [4.69, 9.17) is 10.2 Å². The molecule has 0 fully saturated rings. The van der Waals surface area contributed by atoms with Gasteiger partial charge in [0.1, 0.15) is 0 Å². The monoisotopic (exact) mass is 203 g/mol. The van der Waals surface area contributed by atoms with E-state index in [0.29, 0.717) is 0 Å². The van der Waals surface area contributed by atoms with Crippen LogP contribution in [0.2, 0.25) is 0 Å². The van der Waals surface area contributed by atoms with Crippen LogP contribution in [-0.2, 0) is 4.65 Å². The first kappa shape index (κ1) is 11.9. The summed E-state index contributed by atoms with van der Waals surface area (Å²) < 4.78 is 4.13. The Morgan fingerprint density at radius 1 is 1.07 bits per heavy atom. The van der Waals surface area contributed by atoms with E-state index in [9.17, 15) is 14.4 Å². The zero-order valence-corrected chi connectivity index (χ0v) is 7.10. The van der Waals surface area contributed by atoms with Crippen LogP contribution in [0.1, 0.15) is 0 Å². The lowest BCUT2D eigenvalue weighted by Crippen LogP contribution is -2.62. The van der Waals surface area contributed by atoms with Gasteiger partial charge in [0.15, 0.2) is 0 Å². The van der Waals surface area contributed by atoms with Gasteiger partial charge >= 0.3 is 33.4 Å². The first-order chi connectivity index (χ1) is 6.45. The van der Waals surface area contributed by atoms with E-state index in [1.165, 1.54) is 0 Å². The zero-order valence-electron chi connectivity index (χ0n) is 7.10. The maximum Gasteiger partial charge on any atom is 0.511 e. The Bertz CT molecular complexity index is 230. The minimum atomic E-state index is -1.50. The van der Waals surface area contributed by atoms with Gasteiger partial charge in [0.25, 0.3) is 0 Å². The SMILES string of the molecule is BOC(=O)NB(NC(=O)O)NC(=O)O. The summed E-state index contributed by atoms with van der Waals surface area (Å²) in [6.45, 7) is 0. The van der Waals surface area contributed by atoms with Crippen molar-refractivity contribution in [1.29, 1.82) is 0 Å². The quantitative estimate of drug-likeness (QED) is 0.329. The van der Waals surface area contributed by atoms with Crippen molar-refractivity contribution in [3.05, 3.63) is 0 Å². The molecule has 0 saturated heterocycles. The van der Waals surface area contributed by atoms with Crippen molar-refractivity contribution in [2.24, 2.45) is 0 Å². The molecule has 0 saturated carbocycles. The molecule has 5 N–H and O–H groups in total. The summed E-state index contributed by atoms with van der Waals surface area (Å²) in [6.07, 6.45) is -3.97. The molecule has 0 aromatic heterocycles. The lowest BCUT2D eigenvalue weighted by molar-refractivity contribution is 0.197. The normalized spacial score (nSPS) is 8.29. The third kappa shape index (κ3) is 5.57. The van der Waals surface area contributed by atoms with Crippen molar-refractivity contribution >= 4 is 33.4 Å². The Balaban J connectivity index is 4.16. The van der Waals surface area contributed by atoms with Crippen molar-refractivity contribution in [3.8, 4) is 0 Å². The number of carbonyl (C=O) groups excluding carboxylic acids is 1. The molecule has 0 aromatic rings. The highest BCUT2D eigenvalue weighted by Crippen LogP contribution is 1.73. The summed E-state index contributed by atoms with van der Waals surface area (Å²) in [5.74, 6) is 0. The van der Waals surface area contributed by atoms with Gasteiger partial charge in [0.2, 0.25) is 0 Å². The highest BCUT2D eigenvalue weighted by molar-refractivity contribution is 6.58. The van der Waals surface area contributed by atoms with Crippen LogP contribution < -0.4 is 15.7 Å². The molecule has 0 bridgehead atoms. The summed E-state index contributed by atoms with van der Waals surface area (Å²) >= 11 is 0. The molecule has 0 aliphatic rings. The highest BCUT2D eigenvalue weighted by atomic mass is 16.5. The fourth-order valence-corrected chi connectivity index (χ4v) is 0.532. The zero-order chi connectivity index (χ0) is 11.1. The molecule has 76 valence electrons. The Morgan fingerprint density at radius 3 is 1.79 bits per heavy atom. The maximum atomic E-state index is 10.6. The Morgan fingerprint density at radius 2 is 1.50 bits per heavy atom. The number of hydrogen-bond donors (Lipinski definition) is 5. The molecule has 0 heterocycles. The van der Waals surface area contributed by atoms with Gasteiger partial charge in [0, 0.05) is 0 Å². The molecule has 0 radical (unpaired) electrons. The maximum absolute atomic E-state index is 10.6. The molecule has 3 amide bonds. The predicted molar refractivity (Wildman–Crippen MR) is 46.2 cm³/mol. The van der Waals surface area contributed by atoms with E-state index in [1.807, 2.05) is 5.23 Å². The van der Waals surface area contributed by atoms with Crippen LogP contribution in [0.3, 0.4) is 0 Å². The average Bonchev–Trinajstić information content (AvgIpc) is 2.01. The summed E-state index contributed by atoms with van der Waals surface area (Å²) in [4.78, 5) is 30.8. The number of hydrogen-bond acceptors (Lipinski definition) is 4. The van der Waals surface area contributed by atoms with E-state index in [-0.39, 0.29) is 0 Å². The Labute approximate surface area is 79.4 Å². The second-order valence-electron chi connectivity index (χ2n) is 1.97. The van der Waals surface area contributed by atoms with Crippen LogP contribution in [0, 0.1) is 0 Å². The number of carbonyl (C=O) groups is 3. The van der Waals surface area contributed by atoms with Crippen molar-refractivity contribution < 1.29 is 29.3 Å². The lowest BCUT2D eigenvalue weighted by Gasteiger charge is -2.12. The molecule has 0 atom stereocenters. The molecule has 0 aliphatic heterocycles. The van der Waals surface area contributed by atoms with Gasteiger partial charge in [-0.15, -0.1) is 0 Å². The Hall–Kier alpha value is -2.06. The smallest absolute Gasteiger partial charge is 0.511 e. The van der Waals surface area contributed by atoms with Crippen molar-refractivity contribution in [3.63, 3.8) is 0 Å². The van der Waals surface area contributed by atoms with E-state index in [0.717, 1.165) is 8.05 Å². The third-order valence-corrected chi connectivity index (χ3v) is 0.983. The molecule has 11 heteroatoms. The van der Waals surface area contributed by atoms with Gasteiger partial charge in [0.05, 0.1) is 0 Å². The minimum absolute atomic E-state index is 0.975. The molecule has 0 aliphatic carbocycles. The van der Waals surface area contributed by atoms with Crippen LogP contribution in [0.5, 0.6) is 0 Å². The first-order valence-electron chi connectivity index (χ1n) is 3.29. The fourth-order valence-electron chi connectivity index (χ4n) is 0.532. The van der Waals surface area contributed by atoms with E-state index in [2.05, 4.69) is 4.65 Å². The second kappa shape index (κ2) is 5.56. The molecular formula is C3H7B2N3O6. The largest absolute Gasteiger partial charge is 0.529 e. The third-order valence-electron chi connectivity index (χ3n) is 0.983. The number of carboxylic acid groups (broad SMARTS) is 2. The molecule has 0 rings (SSSR count). The van der Waals surface area contributed by atoms with Gasteiger partial charge in [-0.2, -0.15) is 0 Å². The van der Waals surface area contributed by atoms with Gasteiger partial charge in [-0.25, -0.2) is 14.4 Å². The summed E-state index contributed by atoms with van der Waals surface area (Å²) in [5.41, 5.74) is 0. The van der Waals surface area contributed by atoms with Gasteiger partial charge < -0.3 is 30.6 Å². The molecule has 0 spiro atoms. The van der Waals surface area contributed by atoms with Crippen LogP contribution in [0.15, 0.2) is 0 Å². The fraction of sp³-hybridized carbons (Fsp3) is 0. The molecule has 0 unspecified atom stereocenters. The molecular weight excluding hydrogens is 196 g/mol. The minimum Gasteiger partial charge on any atom is -0.529 e. The van der Waals surface area contributed by atoms with Gasteiger partial charge in [-0.05, 0) is 0 Å². The topological polar surface area (TPSA) is 137 Å². The molecule has 0 aromatic carbocycles. The standard InChI is InChI=1S/C3H7B2N3O6/c4-14-3(13)8-5(6-1(9)10)7-2(11)12/h6-7H,4H2,(H,8,13)(H,9,10)(H,11,12). The van der Waals surface area contributed by atoms with E-state index >= 15 is 0 Å². The number of rotatable bonds is 3. The van der Waals surface area contributed by atoms with Crippen molar-refractivity contribution in [2.45, 2.75) is 0 Å². The average molecular weight is 203 g/mol. The van der Waals surface area contributed by atoms with Crippen molar-refractivity contribution in [2.75, 3.05) is 0 Å². The molecule has 14 heavy (non-hydrogen) atoms. The number of nitrogens with one attached hydrogen (secondary N) is 3.